The lowest BCUT2D eigenvalue weighted by atomic mass is 10.1. The number of carbonyl (C=O) groups is 2. The lowest BCUT2D eigenvalue weighted by Gasteiger charge is -2.16. The van der Waals surface area contributed by atoms with Crippen molar-refractivity contribution in [1.29, 1.82) is 0 Å². The summed E-state index contributed by atoms with van der Waals surface area (Å²) in [6.45, 7) is 6.25. The standard InChI is InChI=1S/C11H21NO2/c1-5-10(13)8-12(4)11(14)7-6-9(2)3/h9H,5-8H2,1-4H3. The molecule has 0 heterocycles. The van der Waals surface area contributed by atoms with Crippen molar-refractivity contribution in [2.24, 2.45) is 5.92 Å². The maximum Gasteiger partial charge on any atom is 0.222 e. The molecule has 3 heteroatoms. The fourth-order valence-electron chi connectivity index (χ4n) is 1.07. The minimum absolute atomic E-state index is 0.0699. The molecule has 0 saturated heterocycles. The van der Waals surface area contributed by atoms with E-state index in [2.05, 4.69) is 13.8 Å². The Labute approximate surface area is 86.5 Å². The Kier molecular flexibility index (Phi) is 6.17. The van der Waals surface area contributed by atoms with Crippen molar-refractivity contribution in [2.45, 2.75) is 40.0 Å². The van der Waals surface area contributed by atoms with E-state index >= 15 is 0 Å². The molecule has 1 amide bonds. The molecule has 0 aliphatic carbocycles. The molecule has 0 fully saturated rings. The highest BCUT2D eigenvalue weighted by atomic mass is 16.2. The molecule has 14 heavy (non-hydrogen) atoms. The number of Topliss-reactive ketones (excluding diaryl/α,β-unsaturated/α-hetero) is 1. The van der Waals surface area contributed by atoms with E-state index in [1.54, 1.807) is 7.05 Å². The third kappa shape index (κ3) is 5.73. The largest absolute Gasteiger partial charge is 0.338 e. The summed E-state index contributed by atoms with van der Waals surface area (Å²) >= 11 is 0. The molecule has 0 rings (SSSR count). The Bertz CT molecular complexity index is 199. The number of nitrogens with zero attached hydrogens (tertiary/aromatic N) is 1. The molecule has 0 aromatic carbocycles. The van der Waals surface area contributed by atoms with Gasteiger partial charge in [-0.2, -0.15) is 0 Å². The zero-order valence-electron chi connectivity index (χ0n) is 9.67. The van der Waals surface area contributed by atoms with Crippen LogP contribution in [0, 0.1) is 5.92 Å². The number of amides is 1. The smallest absolute Gasteiger partial charge is 0.222 e. The molecule has 0 aliphatic heterocycles. The van der Waals surface area contributed by atoms with Crippen LogP contribution >= 0.6 is 0 Å². The van der Waals surface area contributed by atoms with Crippen LogP contribution in [-0.4, -0.2) is 30.2 Å². The first kappa shape index (κ1) is 13.1. The van der Waals surface area contributed by atoms with Crippen LogP contribution < -0.4 is 0 Å². The van der Waals surface area contributed by atoms with Gasteiger partial charge in [0.15, 0.2) is 5.78 Å². The minimum Gasteiger partial charge on any atom is -0.338 e. The van der Waals surface area contributed by atoms with Crippen molar-refractivity contribution in [1.82, 2.24) is 4.90 Å². The van der Waals surface area contributed by atoms with Gasteiger partial charge in [-0.05, 0) is 12.3 Å². The third-order valence-electron chi connectivity index (χ3n) is 2.17. The fraction of sp³-hybridized carbons (Fsp3) is 0.818. The highest BCUT2D eigenvalue weighted by Gasteiger charge is 2.11. The summed E-state index contributed by atoms with van der Waals surface area (Å²) in [7, 11) is 1.69. The Morgan fingerprint density at radius 2 is 1.86 bits per heavy atom. The molecule has 82 valence electrons. The van der Waals surface area contributed by atoms with Gasteiger partial charge in [0.2, 0.25) is 5.91 Å². The minimum atomic E-state index is 0.0699. The monoisotopic (exact) mass is 199 g/mol. The first-order chi connectivity index (χ1) is 6.47. The van der Waals surface area contributed by atoms with E-state index in [4.69, 9.17) is 0 Å². The zero-order valence-corrected chi connectivity index (χ0v) is 9.67. The van der Waals surface area contributed by atoms with Crippen molar-refractivity contribution in [3.63, 3.8) is 0 Å². The number of ketones is 1. The van der Waals surface area contributed by atoms with E-state index in [1.807, 2.05) is 6.92 Å². The normalized spacial score (nSPS) is 10.4. The quantitative estimate of drug-likeness (QED) is 0.654. The topological polar surface area (TPSA) is 37.4 Å². The summed E-state index contributed by atoms with van der Waals surface area (Å²) in [6.07, 6.45) is 1.94. The van der Waals surface area contributed by atoms with Crippen LogP contribution in [0.2, 0.25) is 0 Å². The second-order valence-electron chi connectivity index (χ2n) is 4.07. The van der Waals surface area contributed by atoms with Gasteiger partial charge in [-0.15, -0.1) is 0 Å². The second kappa shape index (κ2) is 6.57. The van der Waals surface area contributed by atoms with Gasteiger partial charge >= 0.3 is 0 Å². The third-order valence-corrected chi connectivity index (χ3v) is 2.17. The maximum atomic E-state index is 11.5. The van der Waals surface area contributed by atoms with Crippen LogP contribution in [0.4, 0.5) is 0 Å². The predicted octanol–water partition coefficient (Wildman–Crippen LogP) is 1.86. The van der Waals surface area contributed by atoms with Crippen molar-refractivity contribution < 1.29 is 9.59 Å². The molecule has 0 saturated carbocycles. The Hall–Kier alpha value is -0.860. The summed E-state index contributed by atoms with van der Waals surface area (Å²) in [5, 5.41) is 0. The van der Waals surface area contributed by atoms with Crippen molar-refractivity contribution in [2.75, 3.05) is 13.6 Å². The van der Waals surface area contributed by atoms with Gasteiger partial charge < -0.3 is 4.90 Å². The van der Waals surface area contributed by atoms with E-state index in [9.17, 15) is 9.59 Å². The molecule has 3 nitrogen and oxygen atoms in total. The van der Waals surface area contributed by atoms with Gasteiger partial charge in [0.1, 0.15) is 0 Å². The van der Waals surface area contributed by atoms with Gasteiger partial charge in [0.05, 0.1) is 6.54 Å². The van der Waals surface area contributed by atoms with Gasteiger partial charge in [0, 0.05) is 19.9 Å². The van der Waals surface area contributed by atoms with Crippen LogP contribution in [0.5, 0.6) is 0 Å². The van der Waals surface area contributed by atoms with Crippen LogP contribution in [-0.2, 0) is 9.59 Å². The van der Waals surface area contributed by atoms with E-state index < -0.39 is 0 Å². The highest BCUT2D eigenvalue weighted by Crippen LogP contribution is 2.05. The Balaban J connectivity index is 3.82. The van der Waals surface area contributed by atoms with E-state index in [-0.39, 0.29) is 18.2 Å². The molecule has 0 aliphatic rings. The molecule has 0 spiro atoms. The molecule has 0 atom stereocenters. The molecule has 0 radical (unpaired) electrons. The van der Waals surface area contributed by atoms with E-state index in [0.29, 0.717) is 18.8 Å². The highest BCUT2D eigenvalue weighted by molar-refractivity contribution is 5.85. The van der Waals surface area contributed by atoms with Crippen LogP contribution in [0.3, 0.4) is 0 Å². The van der Waals surface area contributed by atoms with Gasteiger partial charge in [-0.1, -0.05) is 20.8 Å². The van der Waals surface area contributed by atoms with E-state index in [0.717, 1.165) is 6.42 Å². The van der Waals surface area contributed by atoms with Crippen LogP contribution in [0.1, 0.15) is 40.0 Å². The maximum absolute atomic E-state index is 11.5. The number of likely N-dealkylation sites (N-methyl/N-ethyl adjacent to an activating group) is 1. The first-order valence-electron chi connectivity index (χ1n) is 5.23. The summed E-state index contributed by atoms with van der Waals surface area (Å²) < 4.78 is 0. The number of hydrogen-bond acceptors (Lipinski definition) is 2. The summed E-state index contributed by atoms with van der Waals surface area (Å²) in [4.78, 5) is 24.1. The number of carbonyl (C=O) groups excluding carboxylic acids is 2. The summed E-state index contributed by atoms with van der Waals surface area (Å²) in [5.74, 6) is 0.722. The van der Waals surface area contributed by atoms with Crippen molar-refractivity contribution in [3.05, 3.63) is 0 Å². The molecule has 0 aromatic heterocycles. The molecule has 0 bridgehead atoms. The average molecular weight is 199 g/mol. The Morgan fingerprint density at radius 3 is 2.29 bits per heavy atom. The molecule has 0 N–H and O–H groups in total. The summed E-state index contributed by atoms with van der Waals surface area (Å²) in [6, 6.07) is 0. The van der Waals surface area contributed by atoms with Gasteiger partial charge in [-0.3, -0.25) is 9.59 Å². The molecular formula is C11H21NO2. The van der Waals surface area contributed by atoms with Gasteiger partial charge in [0.25, 0.3) is 0 Å². The molecular weight excluding hydrogens is 178 g/mol. The Morgan fingerprint density at radius 1 is 1.29 bits per heavy atom. The fourth-order valence-corrected chi connectivity index (χ4v) is 1.07. The zero-order chi connectivity index (χ0) is 11.1. The average Bonchev–Trinajstić information content (AvgIpc) is 2.13. The predicted molar refractivity (Wildman–Crippen MR) is 57.0 cm³/mol. The van der Waals surface area contributed by atoms with Crippen LogP contribution in [0.25, 0.3) is 0 Å². The lowest BCUT2D eigenvalue weighted by Crippen LogP contribution is -2.31. The van der Waals surface area contributed by atoms with E-state index in [1.165, 1.54) is 4.90 Å². The molecule has 0 aromatic rings. The number of rotatable bonds is 6. The van der Waals surface area contributed by atoms with Crippen molar-refractivity contribution in [3.8, 4) is 0 Å². The van der Waals surface area contributed by atoms with Crippen molar-refractivity contribution >= 4 is 11.7 Å². The van der Waals surface area contributed by atoms with Crippen LogP contribution in [0.15, 0.2) is 0 Å². The first-order valence-corrected chi connectivity index (χ1v) is 5.23. The molecule has 0 unspecified atom stereocenters. The lowest BCUT2D eigenvalue weighted by molar-refractivity contribution is -0.134. The summed E-state index contributed by atoms with van der Waals surface area (Å²) in [5.41, 5.74) is 0. The SMILES string of the molecule is CCC(=O)CN(C)C(=O)CCC(C)C. The second-order valence-corrected chi connectivity index (χ2v) is 4.07. The number of hydrogen-bond donors (Lipinski definition) is 0. The van der Waals surface area contributed by atoms with Gasteiger partial charge in [-0.25, -0.2) is 0 Å².